The van der Waals surface area contributed by atoms with E-state index >= 15 is 0 Å². The van der Waals surface area contributed by atoms with Crippen LogP contribution in [0.25, 0.3) is 0 Å². The summed E-state index contributed by atoms with van der Waals surface area (Å²) in [6.45, 7) is 3.87. The molecule has 110 valence electrons. The Morgan fingerprint density at radius 3 is 2.95 bits per heavy atom. The SMILES string of the molecule is CN[C@H]1CCCN(C(=O)C[C@@H](C)c2ccccc2Br)C1. The number of amides is 1. The second-order valence-electron chi connectivity index (χ2n) is 5.59. The molecule has 2 atom stereocenters. The summed E-state index contributed by atoms with van der Waals surface area (Å²) < 4.78 is 1.09. The average molecular weight is 339 g/mol. The fourth-order valence-corrected chi connectivity index (χ4v) is 3.49. The molecule has 1 N–H and O–H groups in total. The summed E-state index contributed by atoms with van der Waals surface area (Å²) >= 11 is 3.57. The standard InChI is InChI=1S/C16H23BrN2O/c1-12(14-7-3-4-8-15(14)17)10-16(20)19-9-5-6-13(11-19)18-2/h3-4,7-8,12-13,18H,5-6,9-11H2,1-2H3/t12-,13+/m1/s1. The van der Waals surface area contributed by atoms with Crippen LogP contribution >= 0.6 is 15.9 Å². The number of halogens is 1. The number of nitrogens with one attached hydrogen (secondary N) is 1. The number of benzene rings is 1. The van der Waals surface area contributed by atoms with Gasteiger partial charge in [-0.25, -0.2) is 0 Å². The summed E-state index contributed by atoms with van der Waals surface area (Å²) in [5.41, 5.74) is 1.21. The van der Waals surface area contributed by atoms with E-state index in [1.165, 1.54) is 12.0 Å². The first kappa shape index (κ1) is 15.5. The summed E-state index contributed by atoms with van der Waals surface area (Å²) in [5, 5.41) is 3.28. The number of likely N-dealkylation sites (N-methyl/N-ethyl adjacent to an activating group) is 1. The van der Waals surface area contributed by atoms with E-state index in [0.717, 1.165) is 24.0 Å². The van der Waals surface area contributed by atoms with Gasteiger partial charge in [0.1, 0.15) is 0 Å². The van der Waals surface area contributed by atoms with Gasteiger partial charge in [0.15, 0.2) is 0 Å². The van der Waals surface area contributed by atoms with Crippen molar-refractivity contribution >= 4 is 21.8 Å². The Kier molecular flexibility index (Phi) is 5.61. The third-order valence-corrected chi connectivity index (χ3v) is 4.82. The van der Waals surface area contributed by atoms with Gasteiger partial charge in [0.2, 0.25) is 5.91 Å². The zero-order chi connectivity index (χ0) is 14.5. The highest BCUT2D eigenvalue weighted by Gasteiger charge is 2.24. The van der Waals surface area contributed by atoms with E-state index in [-0.39, 0.29) is 11.8 Å². The average Bonchev–Trinajstić information content (AvgIpc) is 2.47. The number of piperidine rings is 1. The number of hydrogen-bond donors (Lipinski definition) is 1. The topological polar surface area (TPSA) is 32.3 Å². The van der Waals surface area contributed by atoms with Gasteiger partial charge in [-0.1, -0.05) is 41.1 Å². The number of likely N-dealkylation sites (tertiary alicyclic amines) is 1. The smallest absolute Gasteiger partial charge is 0.223 e. The minimum absolute atomic E-state index is 0.244. The second-order valence-corrected chi connectivity index (χ2v) is 6.45. The lowest BCUT2D eigenvalue weighted by Crippen LogP contribution is -2.47. The highest BCUT2D eigenvalue weighted by Crippen LogP contribution is 2.27. The van der Waals surface area contributed by atoms with Crippen molar-refractivity contribution in [3.05, 3.63) is 34.3 Å². The highest BCUT2D eigenvalue weighted by molar-refractivity contribution is 9.10. The lowest BCUT2D eigenvalue weighted by Gasteiger charge is -2.33. The van der Waals surface area contributed by atoms with Crippen LogP contribution in [0.1, 0.15) is 37.7 Å². The number of nitrogens with zero attached hydrogens (tertiary/aromatic N) is 1. The minimum Gasteiger partial charge on any atom is -0.341 e. The van der Waals surface area contributed by atoms with Gasteiger partial charge in [0.05, 0.1) is 0 Å². The van der Waals surface area contributed by atoms with E-state index in [1.807, 2.05) is 30.1 Å². The summed E-state index contributed by atoms with van der Waals surface area (Å²) in [4.78, 5) is 14.4. The van der Waals surface area contributed by atoms with Crippen molar-refractivity contribution in [1.82, 2.24) is 10.2 Å². The lowest BCUT2D eigenvalue weighted by atomic mass is 9.96. The monoisotopic (exact) mass is 338 g/mol. The van der Waals surface area contributed by atoms with Gasteiger partial charge in [-0.15, -0.1) is 0 Å². The minimum atomic E-state index is 0.244. The molecule has 1 aromatic rings. The van der Waals surface area contributed by atoms with Crippen LogP contribution in [0.15, 0.2) is 28.7 Å². The zero-order valence-electron chi connectivity index (χ0n) is 12.2. The van der Waals surface area contributed by atoms with Crippen LogP contribution in [0.3, 0.4) is 0 Å². The van der Waals surface area contributed by atoms with Gasteiger partial charge in [-0.3, -0.25) is 4.79 Å². The molecule has 0 aliphatic carbocycles. The Hall–Kier alpha value is -0.870. The first-order chi connectivity index (χ1) is 9.61. The normalized spacial score (nSPS) is 20.8. The number of carbonyl (C=O) groups is 1. The van der Waals surface area contributed by atoms with Crippen LogP contribution in [-0.4, -0.2) is 37.0 Å². The van der Waals surface area contributed by atoms with E-state index in [2.05, 4.69) is 34.2 Å². The molecule has 1 saturated heterocycles. The van der Waals surface area contributed by atoms with Crippen molar-refractivity contribution in [2.45, 2.75) is 38.1 Å². The van der Waals surface area contributed by atoms with Gasteiger partial charge in [-0.05, 0) is 37.4 Å². The molecule has 0 radical (unpaired) electrons. The molecule has 0 saturated carbocycles. The Morgan fingerprint density at radius 2 is 2.25 bits per heavy atom. The molecule has 20 heavy (non-hydrogen) atoms. The third-order valence-electron chi connectivity index (χ3n) is 4.10. The molecular formula is C16H23BrN2O. The number of rotatable bonds is 4. The van der Waals surface area contributed by atoms with E-state index in [9.17, 15) is 4.79 Å². The van der Waals surface area contributed by atoms with Crippen LogP contribution < -0.4 is 5.32 Å². The Labute approximate surface area is 129 Å². The quantitative estimate of drug-likeness (QED) is 0.914. The molecule has 4 heteroatoms. The molecule has 1 aromatic carbocycles. The van der Waals surface area contributed by atoms with Crippen LogP contribution in [0.2, 0.25) is 0 Å². The largest absolute Gasteiger partial charge is 0.341 e. The highest BCUT2D eigenvalue weighted by atomic mass is 79.9. The molecule has 2 rings (SSSR count). The third kappa shape index (κ3) is 3.83. The van der Waals surface area contributed by atoms with E-state index in [0.29, 0.717) is 12.5 Å². The van der Waals surface area contributed by atoms with Gasteiger partial charge in [-0.2, -0.15) is 0 Å². The van der Waals surface area contributed by atoms with Crippen molar-refractivity contribution in [1.29, 1.82) is 0 Å². The summed E-state index contributed by atoms with van der Waals surface area (Å²) in [6.07, 6.45) is 2.85. The van der Waals surface area contributed by atoms with Crippen molar-refractivity contribution in [3.63, 3.8) is 0 Å². The van der Waals surface area contributed by atoms with E-state index in [1.54, 1.807) is 0 Å². The second kappa shape index (κ2) is 7.23. The molecule has 0 unspecified atom stereocenters. The summed E-state index contributed by atoms with van der Waals surface area (Å²) in [5.74, 6) is 0.515. The van der Waals surface area contributed by atoms with Crippen molar-refractivity contribution < 1.29 is 4.79 Å². The fourth-order valence-electron chi connectivity index (χ4n) is 2.82. The molecule has 0 bridgehead atoms. The van der Waals surface area contributed by atoms with E-state index < -0.39 is 0 Å². The number of carbonyl (C=O) groups excluding carboxylic acids is 1. The van der Waals surface area contributed by atoms with E-state index in [4.69, 9.17) is 0 Å². The Balaban J connectivity index is 1.95. The molecule has 1 heterocycles. The predicted octanol–water partition coefficient (Wildman–Crippen LogP) is 3.15. The lowest BCUT2D eigenvalue weighted by molar-refractivity contribution is -0.132. The Morgan fingerprint density at radius 1 is 1.50 bits per heavy atom. The predicted molar refractivity (Wildman–Crippen MR) is 85.8 cm³/mol. The van der Waals surface area contributed by atoms with Crippen molar-refractivity contribution in [2.75, 3.05) is 20.1 Å². The first-order valence-corrected chi connectivity index (χ1v) is 8.10. The maximum atomic E-state index is 12.4. The fraction of sp³-hybridized carbons (Fsp3) is 0.562. The maximum Gasteiger partial charge on any atom is 0.223 e. The molecule has 1 amide bonds. The van der Waals surface area contributed by atoms with Crippen LogP contribution in [0.4, 0.5) is 0 Å². The van der Waals surface area contributed by atoms with Crippen molar-refractivity contribution in [2.24, 2.45) is 0 Å². The summed E-state index contributed by atoms with van der Waals surface area (Å²) in [7, 11) is 1.97. The molecule has 3 nitrogen and oxygen atoms in total. The molecule has 1 fully saturated rings. The van der Waals surface area contributed by atoms with Gasteiger partial charge < -0.3 is 10.2 Å². The van der Waals surface area contributed by atoms with Crippen LogP contribution in [0.5, 0.6) is 0 Å². The maximum absolute atomic E-state index is 12.4. The number of hydrogen-bond acceptors (Lipinski definition) is 2. The first-order valence-electron chi connectivity index (χ1n) is 7.31. The molecule has 1 aliphatic heterocycles. The summed E-state index contributed by atoms with van der Waals surface area (Å²) in [6, 6.07) is 8.61. The van der Waals surface area contributed by atoms with Crippen LogP contribution in [-0.2, 0) is 4.79 Å². The molecular weight excluding hydrogens is 316 g/mol. The van der Waals surface area contributed by atoms with Gasteiger partial charge in [0, 0.05) is 30.0 Å². The molecule has 1 aliphatic rings. The zero-order valence-corrected chi connectivity index (χ0v) is 13.8. The Bertz CT molecular complexity index is 464. The van der Waals surface area contributed by atoms with Crippen LogP contribution in [0, 0.1) is 0 Å². The van der Waals surface area contributed by atoms with Gasteiger partial charge in [0.25, 0.3) is 0 Å². The van der Waals surface area contributed by atoms with Crippen molar-refractivity contribution in [3.8, 4) is 0 Å². The molecule has 0 aromatic heterocycles. The molecule has 0 spiro atoms. The van der Waals surface area contributed by atoms with Gasteiger partial charge >= 0.3 is 0 Å².